The Kier molecular flexibility index (Phi) is 6.31. The molecule has 155 valence electrons. The number of hydrogen-bond acceptors (Lipinski definition) is 1. The molecule has 0 saturated heterocycles. The van der Waals surface area contributed by atoms with Crippen molar-refractivity contribution in [3.05, 3.63) is 115 Å². The van der Waals surface area contributed by atoms with Crippen LogP contribution in [0.15, 0.2) is 103 Å². The van der Waals surface area contributed by atoms with E-state index in [9.17, 15) is 0 Å². The van der Waals surface area contributed by atoms with Crippen LogP contribution in [0.5, 0.6) is 0 Å². The minimum absolute atomic E-state index is 0. The number of rotatable bonds is 5. The van der Waals surface area contributed by atoms with E-state index in [1.165, 1.54) is 0 Å². The predicted octanol–water partition coefficient (Wildman–Crippen LogP) is 6.36. The standard InChI is InChI=1S/C27H22N3.Ir/c1-2-23-18-19-29(28-23)26-20-25(21-12-6-3-7-13-21)27(22-14-8-4-9-15-22)30(26)24-16-10-5-11-17-24;/h3-19H,2H2,1H3;/q-1;. The molecule has 0 unspecified atom stereocenters. The number of nitrogens with zero attached hydrogens (tertiary/aromatic N) is 3. The molecule has 0 aliphatic heterocycles. The van der Waals surface area contributed by atoms with Gasteiger partial charge in [-0.2, -0.15) is 10.7 Å². The molecule has 0 aliphatic carbocycles. The van der Waals surface area contributed by atoms with Crippen LogP contribution in [0.3, 0.4) is 0 Å². The molecule has 31 heavy (non-hydrogen) atoms. The Morgan fingerprint density at radius 2 is 1.32 bits per heavy atom. The van der Waals surface area contributed by atoms with E-state index in [0.717, 1.165) is 46.0 Å². The first-order valence-electron chi connectivity index (χ1n) is 10.2. The summed E-state index contributed by atoms with van der Waals surface area (Å²) in [5.74, 6) is 0.901. The van der Waals surface area contributed by atoms with Gasteiger partial charge in [0, 0.05) is 32.0 Å². The van der Waals surface area contributed by atoms with Gasteiger partial charge in [-0.25, -0.2) is 4.68 Å². The summed E-state index contributed by atoms with van der Waals surface area (Å²) in [6.07, 6.45) is 2.92. The summed E-state index contributed by atoms with van der Waals surface area (Å²) < 4.78 is 4.19. The molecular weight excluding hydrogens is 559 g/mol. The van der Waals surface area contributed by atoms with Crippen molar-refractivity contribution in [3.8, 4) is 33.9 Å². The molecule has 0 N–H and O–H groups in total. The van der Waals surface area contributed by atoms with Crippen molar-refractivity contribution < 1.29 is 20.1 Å². The number of benzene rings is 3. The van der Waals surface area contributed by atoms with E-state index >= 15 is 0 Å². The van der Waals surface area contributed by atoms with Crippen LogP contribution in [0.1, 0.15) is 12.6 Å². The predicted molar refractivity (Wildman–Crippen MR) is 122 cm³/mol. The Morgan fingerprint density at radius 3 is 1.90 bits per heavy atom. The summed E-state index contributed by atoms with van der Waals surface area (Å²) in [5.41, 5.74) is 6.59. The van der Waals surface area contributed by atoms with Crippen molar-refractivity contribution in [2.45, 2.75) is 13.3 Å². The Hall–Kier alpha value is -3.20. The Labute approximate surface area is 196 Å². The third-order valence-electron chi connectivity index (χ3n) is 5.26. The Balaban J connectivity index is 0.00000231. The summed E-state index contributed by atoms with van der Waals surface area (Å²) in [5, 5.41) is 4.79. The maximum absolute atomic E-state index is 4.79. The fourth-order valence-corrected chi connectivity index (χ4v) is 3.78. The Bertz CT molecular complexity index is 1260. The van der Waals surface area contributed by atoms with Crippen molar-refractivity contribution in [2.75, 3.05) is 0 Å². The second-order valence-electron chi connectivity index (χ2n) is 7.18. The molecule has 0 aliphatic rings. The molecule has 0 bridgehead atoms. The number of aromatic nitrogens is 3. The fraction of sp³-hybridized carbons (Fsp3) is 0.0741. The van der Waals surface area contributed by atoms with E-state index in [1.54, 1.807) is 0 Å². The SMILES string of the molecule is CCc1ccn(-c2[c-]c(-c3ccccc3)c(-c3ccccc3)n2-c2ccccc2)n1.[Ir]. The zero-order chi connectivity index (χ0) is 20.3. The summed E-state index contributed by atoms with van der Waals surface area (Å²) in [4.78, 5) is 0. The molecule has 3 nitrogen and oxygen atoms in total. The molecule has 5 aromatic rings. The average molecular weight is 581 g/mol. The molecule has 4 heteroatoms. The molecule has 0 fully saturated rings. The monoisotopic (exact) mass is 581 g/mol. The number of para-hydroxylation sites is 1. The van der Waals surface area contributed by atoms with Gasteiger partial charge < -0.3 is 4.57 Å². The molecule has 0 amide bonds. The van der Waals surface area contributed by atoms with Crippen LogP contribution in [0.2, 0.25) is 0 Å². The van der Waals surface area contributed by atoms with Gasteiger partial charge in [0.1, 0.15) is 0 Å². The number of aryl methyl sites for hydroxylation is 1. The minimum Gasteiger partial charge on any atom is -0.360 e. The summed E-state index contributed by atoms with van der Waals surface area (Å²) in [6, 6.07) is 37.1. The topological polar surface area (TPSA) is 22.8 Å². The molecule has 5 rings (SSSR count). The van der Waals surface area contributed by atoms with Crippen LogP contribution in [-0.4, -0.2) is 14.3 Å². The third-order valence-corrected chi connectivity index (χ3v) is 5.26. The van der Waals surface area contributed by atoms with Crippen LogP contribution in [0.25, 0.3) is 33.9 Å². The van der Waals surface area contributed by atoms with Crippen LogP contribution in [0, 0.1) is 6.07 Å². The normalized spacial score (nSPS) is 10.6. The van der Waals surface area contributed by atoms with Crippen molar-refractivity contribution >= 4 is 0 Å². The molecule has 2 heterocycles. The first kappa shape index (κ1) is 21.0. The van der Waals surface area contributed by atoms with Crippen LogP contribution < -0.4 is 0 Å². The third kappa shape index (κ3) is 4.05. The molecule has 1 radical (unpaired) electrons. The van der Waals surface area contributed by atoms with E-state index in [2.05, 4.69) is 96.4 Å². The zero-order valence-corrected chi connectivity index (χ0v) is 19.6. The van der Waals surface area contributed by atoms with Crippen molar-refractivity contribution in [2.24, 2.45) is 0 Å². The van der Waals surface area contributed by atoms with Gasteiger partial charge in [0.2, 0.25) is 0 Å². The average Bonchev–Trinajstić information content (AvgIpc) is 3.46. The number of hydrogen-bond donors (Lipinski definition) is 0. The van der Waals surface area contributed by atoms with Crippen LogP contribution in [0.4, 0.5) is 0 Å². The van der Waals surface area contributed by atoms with Gasteiger partial charge in [0.15, 0.2) is 0 Å². The quantitative estimate of drug-likeness (QED) is 0.222. The maximum Gasteiger partial charge on any atom is 0.0673 e. The fourth-order valence-electron chi connectivity index (χ4n) is 3.78. The maximum atomic E-state index is 4.79. The van der Waals surface area contributed by atoms with Gasteiger partial charge in [0.05, 0.1) is 11.5 Å². The van der Waals surface area contributed by atoms with Crippen molar-refractivity contribution in [1.82, 2.24) is 14.3 Å². The molecule has 2 aromatic heterocycles. The minimum atomic E-state index is 0. The molecule has 0 atom stereocenters. The molecular formula is C27H22IrN3-. The van der Waals surface area contributed by atoms with E-state index < -0.39 is 0 Å². The second kappa shape index (κ2) is 9.30. The second-order valence-corrected chi connectivity index (χ2v) is 7.18. The summed E-state index contributed by atoms with van der Waals surface area (Å²) in [6.45, 7) is 2.12. The summed E-state index contributed by atoms with van der Waals surface area (Å²) in [7, 11) is 0. The van der Waals surface area contributed by atoms with Gasteiger partial charge in [-0.1, -0.05) is 79.2 Å². The first-order chi connectivity index (χ1) is 14.8. The Morgan fingerprint density at radius 1 is 0.742 bits per heavy atom. The van der Waals surface area contributed by atoms with Crippen molar-refractivity contribution in [3.63, 3.8) is 0 Å². The van der Waals surface area contributed by atoms with Crippen LogP contribution in [-0.2, 0) is 26.5 Å². The van der Waals surface area contributed by atoms with E-state index in [4.69, 9.17) is 5.10 Å². The van der Waals surface area contributed by atoms with E-state index in [1.807, 2.05) is 29.1 Å². The molecule has 3 aromatic carbocycles. The molecule has 0 saturated carbocycles. The molecule has 0 spiro atoms. The zero-order valence-electron chi connectivity index (χ0n) is 17.2. The smallest absolute Gasteiger partial charge is 0.0673 e. The van der Waals surface area contributed by atoms with Gasteiger partial charge >= 0.3 is 0 Å². The van der Waals surface area contributed by atoms with Gasteiger partial charge in [-0.05, 0) is 30.3 Å². The summed E-state index contributed by atoms with van der Waals surface area (Å²) >= 11 is 0. The van der Waals surface area contributed by atoms with E-state index in [0.29, 0.717) is 0 Å². The largest absolute Gasteiger partial charge is 0.360 e. The van der Waals surface area contributed by atoms with Crippen LogP contribution >= 0.6 is 0 Å². The first-order valence-corrected chi connectivity index (χ1v) is 10.2. The van der Waals surface area contributed by atoms with Gasteiger partial charge in [0.25, 0.3) is 0 Å². The van der Waals surface area contributed by atoms with Crippen molar-refractivity contribution in [1.29, 1.82) is 0 Å². The van der Waals surface area contributed by atoms with E-state index in [-0.39, 0.29) is 20.1 Å². The van der Waals surface area contributed by atoms with Gasteiger partial charge in [-0.3, -0.25) is 0 Å². The van der Waals surface area contributed by atoms with Gasteiger partial charge in [-0.15, -0.1) is 23.8 Å².